The lowest BCUT2D eigenvalue weighted by Gasteiger charge is -2.19. The number of hydrogen-bond donors (Lipinski definition) is 1. The fraction of sp³-hybridized carbons (Fsp3) is 0.381. The third-order valence-electron chi connectivity index (χ3n) is 4.19. The van der Waals surface area contributed by atoms with Gasteiger partial charge in [-0.25, -0.2) is 0 Å². The molecule has 0 radical (unpaired) electrons. The maximum absolute atomic E-state index is 11.9. The first kappa shape index (κ1) is 19.0. The minimum atomic E-state index is 0.0672. The maximum atomic E-state index is 11.9. The lowest BCUT2D eigenvalue weighted by molar-refractivity contribution is -0.130. The number of nitrogens with zero attached hydrogens (tertiary/aromatic N) is 1. The monoisotopic (exact) mass is 340 g/mol. The van der Waals surface area contributed by atoms with Gasteiger partial charge in [0.2, 0.25) is 5.91 Å². The molecular weight excluding hydrogens is 312 g/mol. The summed E-state index contributed by atoms with van der Waals surface area (Å²) in [6, 6.07) is 12.5. The summed E-state index contributed by atoms with van der Waals surface area (Å²) in [5.74, 6) is 0.985. The second kappa shape index (κ2) is 8.67. The fourth-order valence-corrected chi connectivity index (χ4v) is 2.99. The van der Waals surface area contributed by atoms with Crippen LogP contribution in [0.25, 0.3) is 0 Å². The van der Waals surface area contributed by atoms with E-state index < -0.39 is 0 Å². The van der Waals surface area contributed by atoms with Crippen LogP contribution in [-0.4, -0.2) is 24.4 Å². The van der Waals surface area contributed by atoms with E-state index in [0.717, 1.165) is 28.0 Å². The predicted octanol–water partition coefficient (Wildman–Crippen LogP) is 3.50. The molecule has 2 N–H and O–H groups in total. The van der Waals surface area contributed by atoms with Gasteiger partial charge in [0.05, 0.1) is 0 Å². The Morgan fingerprint density at radius 3 is 2.36 bits per heavy atom. The van der Waals surface area contributed by atoms with Crippen molar-refractivity contribution in [2.24, 2.45) is 5.73 Å². The Bertz CT molecular complexity index is 717. The number of ether oxygens (including phenoxy) is 1. The topological polar surface area (TPSA) is 55.6 Å². The van der Waals surface area contributed by atoms with Crippen LogP contribution in [0.15, 0.2) is 36.4 Å². The SMILES string of the molecule is Cc1cccc(COc2c(C)cc(CN(C)C(=O)CCN)cc2C)c1. The van der Waals surface area contributed by atoms with Gasteiger partial charge in [-0.15, -0.1) is 0 Å². The maximum Gasteiger partial charge on any atom is 0.223 e. The number of amides is 1. The van der Waals surface area contributed by atoms with Crippen molar-refractivity contribution in [3.05, 3.63) is 64.2 Å². The number of carbonyl (C=O) groups excluding carboxylic acids is 1. The molecule has 0 unspecified atom stereocenters. The number of hydrogen-bond acceptors (Lipinski definition) is 3. The first-order valence-corrected chi connectivity index (χ1v) is 8.63. The van der Waals surface area contributed by atoms with E-state index in [4.69, 9.17) is 10.5 Å². The van der Waals surface area contributed by atoms with Gasteiger partial charge >= 0.3 is 0 Å². The molecule has 4 nitrogen and oxygen atoms in total. The van der Waals surface area contributed by atoms with Crippen LogP contribution >= 0.6 is 0 Å². The van der Waals surface area contributed by atoms with Crippen molar-refractivity contribution in [2.45, 2.75) is 40.3 Å². The lowest BCUT2D eigenvalue weighted by Crippen LogP contribution is -2.28. The first-order valence-electron chi connectivity index (χ1n) is 8.63. The molecule has 2 aromatic rings. The molecule has 0 bridgehead atoms. The highest BCUT2D eigenvalue weighted by molar-refractivity contribution is 5.76. The number of aryl methyl sites for hydroxylation is 3. The van der Waals surface area contributed by atoms with E-state index in [1.54, 1.807) is 4.90 Å². The highest BCUT2D eigenvalue weighted by Gasteiger charge is 2.11. The van der Waals surface area contributed by atoms with Crippen LogP contribution < -0.4 is 10.5 Å². The van der Waals surface area contributed by atoms with Gasteiger partial charge in [-0.3, -0.25) is 4.79 Å². The summed E-state index contributed by atoms with van der Waals surface area (Å²) in [7, 11) is 1.81. The molecule has 0 spiro atoms. The normalized spacial score (nSPS) is 10.6. The third kappa shape index (κ3) is 5.33. The van der Waals surface area contributed by atoms with Gasteiger partial charge in [-0.05, 0) is 43.0 Å². The van der Waals surface area contributed by atoms with Gasteiger partial charge < -0.3 is 15.4 Å². The van der Waals surface area contributed by atoms with E-state index in [9.17, 15) is 4.79 Å². The van der Waals surface area contributed by atoms with Gasteiger partial charge in [-0.1, -0.05) is 42.0 Å². The van der Waals surface area contributed by atoms with E-state index in [0.29, 0.717) is 26.1 Å². The van der Waals surface area contributed by atoms with Crippen LogP contribution in [0.4, 0.5) is 0 Å². The lowest BCUT2D eigenvalue weighted by atomic mass is 10.0. The predicted molar refractivity (Wildman–Crippen MR) is 102 cm³/mol. The van der Waals surface area contributed by atoms with Crippen molar-refractivity contribution in [1.82, 2.24) is 4.90 Å². The number of nitrogens with two attached hydrogens (primary N) is 1. The molecule has 0 aliphatic heterocycles. The molecule has 0 fully saturated rings. The Morgan fingerprint density at radius 1 is 1.08 bits per heavy atom. The molecule has 0 saturated heterocycles. The third-order valence-corrected chi connectivity index (χ3v) is 4.19. The molecule has 0 aliphatic carbocycles. The van der Waals surface area contributed by atoms with Crippen molar-refractivity contribution >= 4 is 5.91 Å². The Hall–Kier alpha value is -2.33. The minimum absolute atomic E-state index is 0.0672. The van der Waals surface area contributed by atoms with Crippen LogP contribution in [-0.2, 0) is 17.9 Å². The van der Waals surface area contributed by atoms with Crippen molar-refractivity contribution < 1.29 is 9.53 Å². The van der Waals surface area contributed by atoms with E-state index in [1.807, 2.05) is 27.0 Å². The quantitative estimate of drug-likeness (QED) is 0.839. The average molecular weight is 340 g/mol. The number of rotatable bonds is 7. The Labute approximate surface area is 150 Å². The summed E-state index contributed by atoms with van der Waals surface area (Å²) < 4.78 is 6.06. The molecule has 0 heterocycles. The van der Waals surface area contributed by atoms with Gasteiger partial charge in [0, 0.05) is 26.6 Å². The van der Waals surface area contributed by atoms with E-state index >= 15 is 0 Å². The summed E-state index contributed by atoms with van der Waals surface area (Å²) >= 11 is 0. The molecular formula is C21H28N2O2. The molecule has 0 aromatic heterocycles. The smallest absolute Gasteiger partial charge is 0.223 e. The van der Waals surface area contributed by atoms with Crippen molar-refractivity contribution in [1.29, 1.82) is 0 Å². The zero-order valence-corrected chi connectivity index (χ0v) is 15.6. The molecule has 0 saturated carbocycles. The van der Waals surface area contributed by atoms with Crippen LogP contribution in [0.2, 0.25) is 0 Å². The van der Waals surface area contributed by atoms with E-state index in [2.05, 4.69) is 37.3 Å². The second-order valence-electron chi connectivity index (χ2n) is 6.62. The molecule has 134 valence electrons. The van der Waals surface area contributed by atoms with E-state index in [-0.39, 0.29) is 5.91 Å². The second-order valence-corrected chi connectivity index (χ2v) is 6.62. The summed E-state index contributed by atoms with van der Waals surface area (Å²) in [5.41, 5.74) is 11.1. The highest BCUT2D eigenvalue weighted by atomic mass is 16.5. The average Bonchev–Trinajstić information content (AvgIpc) is 2.54. The van der Waals surface area contributed by atoms with Crippen LogP contribution in [0.1, 0.15) is 34.2 Å². The Balaban J connectivity index is 2.07. The number of carbonyl (C=O) groups is 1. The van der Waals surface area contributed by atoms with Gasteiger partial charge in [0.1, 0.15) is 12.4 Å². The standard InChI is InChI=1S/C21H28N2O2/c1-15-6-5-7-18(10-15)14-25-21-16(2)11-19(12-17(21)3)13-23(4)20(24)8-9-22/h5-7,10-12H,8-9,13-14,22H2,1-4H3. The van der Waals surface area contributed by atoms with Crippen molar-refractivity contribution in [2.75, 3.05) is 13.6 Å². The minimum Gasteiger partial charge on any atom is -0.488 e. The van der Waals surface area contributed by atoms with Gasteiger partial charge in [0.25, 0.3) is 0 Å². The zero-order valence-electron chi connectivity index (χ0n) is 15.6. The summed E-state index contributed by atoms with van der Waals surface area (Å²) in [6.07, 6.45) is 0.381. The van der Waals surface area contributed by atoms with Crippen molar-refractivity contribution in [3.63, 3.8) is 0 Å². The van der Waals surface area contributed by atoms with Crippen LogP contribution in [0.3, 0.4) is 0 Å². The summed E-state index contributed by atoms with van der Waals surface area (Å²) in [6.45, 7) is 7.69. The highest BCUT2D eigenvalue weighted by Crippen LogP contribution is 2.26. The summed E-state index contributed by atoms with van der Waals surface area (Å²) in [4.78, 5) is 13.6. The molecule has 0 aliphatic rings. The Morgan fingerprint density at radius 2 is 1.76 bits per heavy atom. The molecule has 2 aromatic carbocycles. The van der Waals surface area contributed by atoms with Gasteiger partial charge in [-0.2, -0.15) is 0 Å². The molecule has 4 heteroatoms. The van der Waals surface area contributed by atoms with Gasteiger partial charge in [0.15, 0.2) is 0 Å². The van der Waals surface area contributed by atoms with Crippen LogP contribution in [0, 0.1) is 20.8 Å². The first-order chi connectivity index (χ1) is 11.9. The number of benzene rings is 2. The fourth-order valence-electron chi connectivity index (χ4n) is 2.99. The largest absolute Gasteiger partial charge is 0.488 e. The van der Waals surface area contributed by atoms with Crippen molar-refractivity contribution in [3.8, 4) is 5.75 Å². The molecule has 2 rings (SSSR count). The molecule has 25 heavy (non-hydrogen) atoms. The zero-order chi connectivity index (χ0) is 18.4. The molecule has 0 atom stereocenters. The summed E-state index contributed by atoms with van der Waals surface area (Å²) in [5, 5.41) is 0. The van der Waals surface area contributed by atoms with E-state index in [1.165, 1.54) is 5.56 Å². The van der Waals surface area contributed by atoms with Crippen LogP contribution in [0.5, 0.6) is 5.75 Å². The molecule has 1 amide bonds. The Kier molecular flexibility index (Phi) is 6.59.